The molecule has 33 heavy (non-hydrogen) atoms. The van der Waals surface area contributed by atoms with Gasteiger partial charge in [0.05, 0.1) is 18.6 Å². The van der Waals surface area contributed by atoms with Gasteiger partial charge in [-0.2, -0.15) is 0 Å². The molecule has 5 heteroatoms. The van der Waals surface area contributed by atoms with Crippen molar-refractivity contribution in [3.05, 3.63) is 53.6 Å². The van der Waals surface area contributed by atoms with Gasteiger partial charge in [0.2, 0.25) is 0 Å². The zero-order chi connectivity index (χ0) is 23.8. The zero-order valence-electron chi connectivity index (χ0n) is 19.9. The molecule has 3 rings (SSSR count). The number of carboxylic acids is 1. The highest BCUT2D eigenvalue weighted by Crippen LogP contribution is 2.38. The lowest BCUT2D eigenvalue weighted by Gasteiger charge is -2.26. The van der Waals surface area contributed by atoms with Crippen LogP contribution in [0.15, 0.2) is 42.5 Å². The van der Waals surface area contributed by atoms with E-state index in [4.69, 9.17) is 9.84 Å². The van der Waals surface area contributed by atoms with E-state index in [9.17, 15) is 15.0 Å². The standard InChI is InChI=1S/C28H38O5/c1-19(2)26-15-22(21-11-7-4-8-12-21)14-23(13-20-9-5-3-6-10-20)28(26)33-18-25(30)16-24(29)17-27(31)32/h4,7-8,11-12,14-15,19-20,24-25,29-30H,3,5-6,9-10,13,16-18H2,1-2H3,(H,31,32)/t24-,25?/m1/s1. The molecule has 0 heterocycles. The Morgan fingerprint density at radius 2 is 1.70 bits per heavy atom. The van der Waals surface area contributed by atoms with E-state index in [-0.39, 0.29) is 25.4 Å². The molecule has 5 nitrogen and oxygen atoms in total. The van der Waals surface area contributed by atoms with Crippen LogP contribution in [0.1, 0.15) is 75.8 Å². The van der Waals surface area contributed by atoms with E-state index in [0.29, 0.717) is 5.92 Å². The number of hydrogen-bond donors (Lipinski definition) is 3. The third-order valence-corrected chi connectivity index (χ3v) is 6.53. The SMILES string of the molecule is CC(C)c1cc(-c2ccccc2)cc(CC2CCCCC2)c1OCC(O)C[C@@H](O)CC(=O)O. The van der Waals surface area contributed by atoms with E-state index in [1.165, 1.54) is 48.8 Å². The summed E-state index contributed by atoms with van der Waals surface area (Å²) in [6.45, 7) is 4.32. The topological polar surface area (TPSA) is 87.0 Å². The number of aliphatic carboxylic acids is 1. The van der Waals surface area contributed by atoms with Crippen molar-refractivity contribution >= 4 is 5.97 Å². The number of hydrogen-bond acceptors (Lipinski definition) is 4. The Morgan fingerprint density at radius 3 is 2.33 bits per heavy atom. The van der Waals surface area contributed by atoms with Crippen molar-refractivity contribution in [3.8, 4) is 16.9 Å². The van der Waals surface area contributed by atoms with Crippen LogP contribution in [0.5, 0.6) is 5.75 Å². The molecule has 2 aromatic carbocycles. The van der Waals surface area contributed by atoms with Crippen LogP contribution in [-0.4, -0.2) is 40.1 Å². The van der Waals surface area contributed by atoms with E-state index < -0.39 is 18.2 Å². The Hall–Kier alpha value is -2.37. The first-order valence-corrected chi connectivity index (χ1v) is 12.3. The number of aliphatic hydroxyl groups is 2. The van der Waals surface area contributed by atoms with Gasteiger partial charge in [0.1, 0.15) is 12.4 Å². The molecule has 0 aromatic heterocycles. The Bertz CT molecular complexity index is 887. The van der Waals surface area contributed by atoms with Gasteiger partial charge in [-0.15, -0.1) is 0 Å². The van der Waals surface area contributed by atoms with Crippen LogP contribution >= 0.6 is 0 Å². The van der Waals surface area contributed by atoms with E-state index in [0.717, 1.165) is 17.7 Å². The predicted molar refractivity (Wildman–Crippen MR) is 131 cm³/mol. The normalized spacial score (nSPS) is 16.5. The number of aliphatic hydroxyl groups excluding tert-OH is 2. The monoisotopic (exact) mass is 454 g/mol. The second-order valence-corrected chi connectivity index (χ2v) is 9.73. The summed E-state index contributed by atoms with van der Waals surface area (Å²) < 4.78 is 6.22. The summed E-state index contributed by atoms with van der Waals surface area (Å²) in [5.41, 5.74) is 4.63. The van der Waals surface area contributed by atoms with Crippen molar-refractivity contribution < 1.29 is 24.9 Å². The van der Waals surface area contributed by atoms with Crippen molar-refractivity contribution in [3.63, 3.8) is 0 Å². The van der Waals surface area contributed by atoms with E-state index in [1.807, 2.05) is 18.2 Å². The molecule has 0 bridgehead atoms. The maximum atomic E-state index is 10.8. The quantitative estimate of drug-likeness (QED) is 0.413. The minimum Gasteiger partial charge on any atom is -0.490 e. The Balaban J connectivity index is 1.87. The Kier molecular flexibility index (Phi) is 9.33. The molecule has 2 atom stereocenters. The van der Waals surface area contributed by atoms with E-state index in [1.54, 1.807) is 0 Å². The van der Waals surface area contributed by atoms with Crippen LogP contribution in [-0.2, 0) is 11.2 Å². The summed E-state index contributed by atoms with van der Waals surface area (Å²) in [5, 5.41) is 29.1. The predicted octanol–water partition coefficient (Wildman–Crippen LogP) is 5.57. The number of carboxylic acid groups (broad SMARTS) is 1. The highest BCUT2D eigenvalue weighted by Gasteiger charge is 2.22. The fraction of sp³-hybridized carbons (Fsp3) is 0.536. The van der Waals surface area contributed by atoms with Gasteiger partial charge >= 0.3 is 5.97 Å². The second kappa shape index (κ2) is 12.2. The van der Waals surface area contributed by atoms with Gasteiger partial charge in [0.15, 0.2) is 0 Å². The highest BCUT2D eigenvalue weighted by atomic mass is 16.5. The molecule has 0 saturated heterocycles. The third-order valence-electron chi connectivity index (χ3n) is 6.53. The Morgan fingerprint density at radius 1 is 1.00 bits per heavy atom. The highest BCUT2D eigenvalue weighted by molar-refractivity contribution is 5.68. The largest absolute Gasteiger partial charge is 0.490 e. The van der Waals surface area contributed by atoms with Crippen molar-refractivity contribution in [2.45, 2.75) is 83.3 Å². The van der Waals surface area contributed by atoms with Gasteiger partial charge < -0.3 is 20.1 Å². The summed E-state index contributed by atoms with van der Waals surface area (Å²) in [6.07, 6.45) is 4.85. The average molecular weight is 455 g/mol. The molecule has 1 aliphatic rings. The maximum absolute atomic E-state index is 10.8. The minimum atomic E-state index is -1.09. The van der Waals surface area contributed by atoms with Crippen LogP contribution < -0.4 is 4.74 Å². The van der Waals surface area contributed by atoms with Gasteiger partial charge in [-0.05, 0) is 52.6 Å². The summed E-state index contributed by atoms with van der Waals surface area (Å²) in [7, 11) is 0. The van der Waals surface area contributed by atoms with Crippen LogP contribution in [0.4, 0.5) is 0 Å². The zero-order valence-corrected chi connectivity index (χ0v) is 19.9. The second-order valence-electron chi connectivity index (χ2n) is 9.73. The number of rotatable bonds is 11. The molecule has 1 saturated carbocycles. The molecule has 180 valence electrons. The first-order chi connectivity index (χ1) is 15.8. The van der Waals surface area contributed by atoms with Crippen LogP contribution in [0.3, 0.4) is 0 Å². The lowest BCUT2D eigenvalue weighted by Crippen LogP contribution is -2.26. The van der Waals surface area contributed by atoms with Crippen molar-refractivity contribution in [2.24, 2.45) is 5.92 Å². The fourth-order valence-corrected chi connectivity index (χ4v) is 4.82. The molecular formula is C28H38O5. The maximum Gasteiger partial charge on any atom is 0.305 e. The number of carbonyl (C=O) groups is 1. The van der Waals surface area contributed by atoms with Crippen molar-refractivity contribution in [1.82, 2.24) is 0 Å². The van der Waals surface area contributed by atoms with E-state index >= 15 is 0 Å². The third kappa shape index (κ3) is 7.58. The van der Waals surface area contributed by atoms with Crippen molar-refractivity contribution in [2.75, 3.05) is 6.61 Å². The van der Waals surface area contributed by atoms with Crippen LogP contribution in [0.25, 0.3) is 11.1 Å². The summed E-state index contributed by atoms with van der Waals surface area (Å²) in [5.74, 6) is 0.629. The van der Waals surface area contributed by atoms with Gasteiger partial charge in [-0.25, -0.2) is 0 Å². The van der Waals surface area contributed by atoms with Gasteiger partial charge in [0.25, 0.3) is 0 Å². The van der Waals surface area contributed by atoms with E-state index in [2.05, 4.69) is 38.1 Å². The number of benzene rings is 2. The first-order valence-electron chi connectivity index (χ1n) is 12.3. The van der Waals surface area contributed by atoms with Gasteiger partial charge in [-0.3, -0.25) is 4.79 Å². The fourth-order valence-electron chi connectivity index (χ4n) is 4.82. The van der Waals surface area contributed by atoms with Gasteiger partial charge in [-0.1, -0.05) is 76.3 Å². The smallest absolute Gasteiger partial charge is 0.305 e. The molecule has 1 aliphatic carbocycles. The molecular weight excluding hydrogens is 416 g/mol. The van der Waals surface area contributed by atoms with Crippen LogP contribution in [0.2, 0.25) is 0 Å². The van der Waals surface area contributed by atoms with Crippen molar-refractivity contribution in [1.29, 1.82) is 0 Å². The van der Waals surface area contributed by atoms with Crippen LogP contribution in [0, 0.1) is 5.92 Å². The summed E-state index contributed by atoms with van der Waals surface area (Å²) in [6, 6.07) is 14.8. The first kappa shape index (κ1) is 25.3. The number of ether oxygens (including phenoxy) is 1. The molecule has 1 fully saturated rings. The summed E-state index contributed by atoms with van der Waals surface area (Å²) in [4.78, 5) is 10.8. The average Bonchev–Trinajstić information content (AvgIpc) is 2.78. The minimum absolute atomic E-state index is 0.0244. The lowest BCUT2D eigenvalue weighted by molar-refractivity contribution is -0.139. The molecule has 3 N–H and O–H groups in total. The molecule has 2 aromatic rings. The molecule has 1 unspecified atom stereocenters. The summed E-state index contributed by atoms with van der Waals surface area (Å²) >= 11 is 0. The molecule has 0 aliphatic heterocycles. The molecule has 0 radical (unpaired) electrons. The van der Waals surface area contributed by atoms with Gasteiger partial charge in [0, 0.05) is 6.42 Å². The molecule has 0 spiro atoms. The Labute approximate surface area is 197 Å². The lowest BCUT2D eigenvalue weighted by atomic mass is 9.83. The molecule has 0 amide bonds.